The molecule has 23 heavy (non-hydrogen) atoms. The van der Waals surface area contributed by atoms with Crippen molar-refractivity contribution in [2.45, 2.75) is 65.6 Å². The van der Waals surface area contributed by atoms with Crippen molar-refractivity contribution in [2.75, 3.05) is 0 Å². The van der Waals surface area contributed by atoms with Crippen LogP contribution in [0.5, 0.6) is 0 Å². The zero-order valence-corrected chi connectivity index (χ0v) is 16.8. The van der Waals surface area contributed by atoms with Gasteiger partial charge in [0.2, 0.25) is 0 Å². The molecule has 2 nitrogen and oxygen atoms in total. The molecule has 1 aromatic rings. The van der Waals surface area contributed by atoms with Crippen LogP contribution in [0.25, 0.3) is 0 Å². The lowest BCUT2D eigenvalue weighted by Crippen LogP contribution is -2.26. The van der Waals surface area contributed by atoms with Gasteiger partial charge in [0.05, 0.1) is 5.71 Å². The van der Waals surface area contributed by atoms with E-state index in [9.17, 15) is 4.55 Å². The highest BCUT2D eigenvalue weighted by atomic mass is 35.5. The third-order valence-electron chi connectivity index (χ3n) is 4.46. The van der Waals surface area contributed by atoms with Crippen LogP contribution in [0.15, 0.2) is 22.6 Å². The average molecular weight is 354 g/mol. The molecule has 1 unspecified atom stereocenters. The summed E-state index contributed by atoms with van der Waals surface area (Å²) in [5.41, 5.74) is 3.28. The summed E-state index contributed by atoms with van der Waals surface area (Å²) in [5.74, 6) is 1.27. The van der Waals surface area contributed by atoms with Gasteiger partial charge < -0.3 is 4.55 Å². The third-order valence-corrected chi connectivity index (χ3v) is 6.28. The molecule has 0 aromatic heterocycles. The van der Waals surface area contributed by atoms with Crippen molar-refractivity contribution in [3.8, 4) is 0 Å². The van der Waals surface area contributed by atoms with Gasteiger partial charge in [-0.2, -0.15) is 0 Å². The molecule has 0 bridgehead atoms. The Hall–Kier alpha value is -0.510. The SMILES string of the molecule is CC(=N[S+]([O-])C(C)(C)C)c1ccc([C@@H]2C[C@H]2C(C)(C)C)c(Cl)c1. The van der Waals surface area contributed by atoms with Crippen molar-refractivity contribution >= 4 is 28.7 Å². The molecule has 4 heteroatoms. The summed E-state index contributed by atoms with van der Waals surface area (Å²) in [6.07, 6.45) is 1.21. The molecule has 2 rings (SSSR count). The van der Waals surface area contributed by atoms with Crippen LogP contribution in [0.4, 0.5) is 0 Å². The van der Waals surface area contributed by atoms with Crippen LogP contribution in [0.2, 0.25) is 5.02 Å². The van der Waals surface area contributed by atoms with Crippen molar-refractivity contribution in [1.29, 1.82) is 0 Å². The molecule has 128 valence electrons. The van der Waals surface area contributed by atoms with Gasteiger partial charge in [0.25, 0.3) is 0 Å². The van der Waals surface area contributed by atoms with Gasteiger partial charge in [-0.15, -0.1) is 0 Å². The van der Waals surface area contributed by atoms with E-state index in [2.05, 4.69) is 37.3 Å². The van der Waals surface area contributed by atoms with Gasteiger partial charge in [0.1, 0.15) is 16.1 Å². The minimum absolute atomic E-state index is 0.327. The number of halogens is 1. The van der Waals surface area contributed by atoms with Gasteiger partial charge in [-0.1, -0.05) is 48.9 Å². The van der Waals surface area contributed by atoms with E-state index in [-0.39, 0.29) is 4.75 Å². The largest absolute Gasteiger partial charge is 0.591 e. The Morgan fingerprint density at radius 1 is 1.22 bits per heavy atom. The van der Waals surface area contributed by atoms with Gasteiger partial charge in [-0.3, -0.25) is 0 Å². The molecule has 1 saturated carbocycles. The first-order valence-corrected chi connectivity index (χ1v) is 9.67. The Kier molecular flexibility index (Phi) is 5.25. The molecule has 1 aliphatic rings. The van der Waals surface area contributed by atoms with Crippen LogP contribution in [0, 0.1) is 11.3 Å². The molecule has 0 aliphatic heterocycles. The molecule has 1 fully saturated rings. The Balaban J connectivity index is 2.19. The van der Waals surface area contributed by atoms with Crippen LogP contribution in [0.1, 0.15) is 71.9 Å². The first kappa shape index (κ1) is 18.8. The number of rotatable bonds is 3. The number of hydrogen-bond acceptors (Lipinski definition) is 2. The highest BCUT2D eigenvalue weighted by Crippen LogP contribution is 2.57. The molecule has 1 aromatic carbocycles. The van der Waals surface area contributed by atoms with E-state index in [0.717, 1.165) is 16.3 Å². The van der Waals surface area contributed by atoms with Crippen molar-refractivity contribution in [3.05, 3.63) is 34.3 Å². The minimum Gasteiger partial charge on any atom is -0.591 e. The topological polar surface area (TPSA) is 35.4 Å². The fraction of sp³-hybridized carbons (Fsp3) is 0.632. The molecule has 0 amide bonds. The lowest BCUT2D eigenvalue weighted by molar-refractivity contribution is 0.343. The molecule has 0 radical (unpaired) electrons. The van der Waals surface area contributed by atoms with E-state index in [1.807, 2.05) is 33.8 Å². The molecule has 3 atom stereocenters. The molecule has 0 heterocycles. The van der Waals surface area contributed by atoms with Crippen LogP contribution in [-0.4, -0.2) is 15.0 Å². The number of benzene rings is 1. The standard InChI is InChI=1S/C19H28ClNOS/c1-12(21-23(22)19(5,6)7)13-8-9-14(17(20)10-13)15-11-16(15)18(2,3)4/h8-10,15-16H,11H2,1-7H3/t15-,16+,23?/m0/s1. The van der Waals surface area contributed by atoms with Gasteiger partial charge in [0, 0.05) is 10.6 Å². The summed E-state index contributed by atoms with van der Waals surface area (Å²) in [6, 6.07) is 6.14. The van der Waals surface area contributed by atoms with Gasteiger partial charge in [-0.05, 0) is 63.0 Å². The normalized spacial score (nSPS) is 23.8. The van der Waals surface area contributed by atoms with E-state index in [4.69, 9.17) is 11.6 Å². The first-order chi connectivity index (χ1) is 10.4. The van der Waals surface area contributed by atoms with E-state index >= 15 is 0 Å². The Bertz CT molecular complexity index is 613. The van der Waals surface area contributed by atoms with Gasteiger partial charge in [-0.25, -0.2) is 0 Å². The molecular weight excluding hydrogens is 326 g/mol. The third kappa shape index (κ3) is 4.52. The second kappa shape index (κ2) is 6.42. The lowest BCUT2D eigenvalue weighted by atomic mass is 9.87. The monoisotopic (exact) mass is 353 g/mol. The van der Waals surface area contributed by atoms with Crippen LogP contribution < -0.4 is 0 Å². The second-order valence-corrected chi connectivity index (χ2v) is 10.9. The fourth-order valence-corrected chi connectivity index (χ4v) is 3.81. The Morgan fingerprint density at radius 2 is 1.83 bits per heavy atom. The molecule has 0 saturated heterocycles. The lowest BCUT2D eigenvalue weighted by Gasteiger charge is -2.19. The zero-order chi connectivity index (χ0) is 17.6. The maximum atomic E-state index is 12.2. The molecule has 0 spiro atoms. The Labute approximate surface area is 149 Å². The van der Waals surface area contributed by atoms with Crippen molar-refractivity contribution in [1.82, 2.24) is 0 Å². The predicted molar refractivity (Wildman–Crippen MR) is 102 cm³/mol. The highest BCUT2D eigenvalue weighted by Gasteiger charge is 2.46. The number of nitrogens with zero attached hydrogens (tertiary/aromatic N) is 1. The number of hydrogen-bond donors (Lipinski definition) is 0. The fourth-order valence-electron chi connectivity index (χ4n) is 2.86. The summed E-state index contributed by atoms with van der Waals surface area (Å²) < 4.78 is 16.1. The summed E-state index contributed by atoms with van der Waals surface area (Å²) in [4.78, 5) is 0. The highest BCUT2D eigenvalue weighted by molar-refractivity contribution is 7.91. The molecule has 1 aliphatic carbocycles. The van der Waals surface area contributed by atoms with Gasteiger partial charge in [0.15, 0.2) is 0 Å². The van der Waals surface area contributed by atoms with Crippen LogP contribution in [0.3, 0.4) is 0 Å². The maximum absolute atomic E-state index is 12.2. The predicted octanol–water partition coefficient (Wildman–Crippen LogP) is 5.76. The smallest absolute Gasteiger partial charge is 0.144 e. The van der Waals surface area contributed by atoms with Crippen molar-refractivity contribution in [2.24, 2.45) is 15.7 Å². The quantitative estimate of drug-likeness (QED) is 0.502. The second-order valence-electron chi connectivity index (χ2n) is 8.59. The van der Waals surface area contributed by atoms with Gasteiger partial charge >= 0.3 is 0 Å². The summed E-state index contributed by atoms with van der Waals surface area (Å²) in [7, 11) is 0. The molecule has 0 N–H and O–H groups in total. The summed E-state index contributed by atoms with van der Waals surface area (Å²) in [5, 5.41) is 0.801. The van der Waals surface area contributed by atoms with E-state index < -0.39 is 11.4 Å². The summed E-state index contributed by atoms with van der Waals surface area (Å²) in [6.45, 7) is 14.5. The van der Waals surface area contributed by atoms with E-state index in [0.29, 0.717) is 17.3 Å². The van der Waals surface area contributed by atoms with E-state index in [1.54, 1.807) is 0 Å². The summed E-state index contributed by atoms with van der Waals surface area (Å²) >= 11 is 5.27. The van der Waals surface area contributed by atoms with E-state index in [1.165, 1.54) is 12.0 Å². The minimum atomic E-state index is -1.25. The molecular formula is C19H28ClNOS. The Morgan fingerprint density at radius 3 is 2.26 bits per heavy atom. The maximum Gasteiger partial charge on any atom is 0.144 e. The first-order valence-electron chi connectivity index (χ1n) is 8.18. The van der Waals surface area contributed by atoms with Crippen LogP contribution >= 0.6 is 11.6 Å². The average Bonchev–Trinajstić information content (AvgIpc) is 3.17. The zero-order valence-electron chi connectivity index (χ0n) is 15.2. The van der Waals surface area contributed by atoms with Crippen LogP contribution in [-0.2, 0) is 11.4 Å². The van der Waals surface area contributed by atoms with Crippen molar-refractivity contribution < 1.29 is 4.55 Å². The van der Waals surface area contributed by atoms with Crippen molar-refractivity contribution in [3.63, 3.8) is 0 Å².